The SMILES string of the molecule is CN(C)CC(C)(O)CNC(=O)c1cc2ccc(F)cc2s1. The molecule has 4 nitrogen and oxygen atoms in total. The average Bonchev–Trinajstić information content (AvgIpc) is 2.77. The summed E-state index contributed by atoms with van der Waals surface area (Å²) in [4.78, 5) is 14.5. The van der Waals surface area contributed by atoms with Crippen molar-refractivity contribution in [3.05, 3.63) is 35.0 Å². The Kier molecular flexibility index (Phi) is 4.61. The number of hydrogen-bond acceptors (Lipinski definition) is 4. The first kappa shape index (κ1) is 15.9. The van der Waals surface area contributed by atoms with Gasteiger partial charge in [0.15, 0.2) is 0 Å². The molecule has 0 radical (unpaired) electrons. The van der Waals surface area contributed by atoms with Crippen molar-refractivity contribution < 1.29 is 14.3 Å². The Morgan fingerprint density at radius 2 is 2.14 bits per heavy atom. The maximum atomic E-state index is 13.1. The number of aliphatic hydroxyl groups is 1. The molecule has 0 fully saturated rings. The van der Waals surface area contributed by atoms with Gasteiger partial charge in [-0.15, -0.1) is 11.3 Å². The number of hydrogen-bond donors (Lipinski definition) is 2. The van der Waals surface area contributed by atoms with E-state index in [1.165, 1.54) is 23.5 Å². The zero-order valence-corrected chi connectivity index (χ0v) is 13.1. The number of carbonyl (C=O) groups excluding carboxylic acids is 1. The summed E-state index contributed by atoms with van der Waals surface area (Å²) in [6, 6.07) is 6.17. The smallest absolute Gasteiger partial charge is 0.261 e. The van der Waals surface area contributed by atoms with Crippen LogP contribution in [0.1, 0.15) is 16.6 Å². The summed E-state index contributed by atoms with van der Waals surface area (Å²) in [5, 5.41) is 13.7. The Labute approximate surface area is 127 Å². The number of nitrogens with zero attached hydrogens (tertiary/aromatic N) is 1. The first-order valence-corrected chi connectivity index (χ1v) is 7.43. The molecule has 1 amide bonds. The minimum absolute atomic E-state index is 0.159. The molecule has 1 unspecified atom stereocenters. The first-order chi connectivity index (χ1) is 9.77. The largest absolute Gasteiger partial charge is 0.387 e. The Bertz CT molecular complexity index is 652. The molecule has 1 aromatic heterocycles. The molecule has 114 valence electrons. The predicted molar refractivity (Wildman–Crippen MR) is 83.3 cm³/mol. The first-order valence-electron chi connectivity index (χ1n) is 6.61. The molecular formula is C15H19FN2O2S. The van der Waals surface area contributed by atoms with Gasteiger partial charge in [-0.1, -0.05) is 6.07 Å². The number of carbonyl (C=O) groups is 1. The molecule has 2 N–H and O–H groups in total. The Hall–Kier alpha value is -1.50. The van der Waals surface area contributed by atoms with E-state index in [1.807, 2.05) is 19.0 Å². The topological polar surface area (TPSA) is 52.6 Å². The molecule has 0 aliphatic carbocycles. The van der Waals surface area contributed by atoms with Crippen LogP contribution in [0.3, 0.4) is 0 Å². The van der Waals surface area contributed by atoms with Gasteiger partial charge in [-0.3, -0.25) is 4.79 Å². The van der Waals surface area contributed by atoms with Gasteiger partial charge in [0.05, 0.1) is 10.5 Å². The van der Waals surface area contributed by atoms with Gasteiger partial charge in [-0.25, -0.2) is 4.39 Å². The average molecular weight is 310 g/mol. The Balaban J connectivity index is 2.05. The van der Waals surface area contributed by atoms with E-state index in [2.05, 4.69) is 5.32 Å². The fourth-order valence-corrected chi connectivity index (χ4v) is 3.22. The summed E-state index contributed by atoms with van der Waals surface area (Å²) in [7, 11) is 3.72. The molecule has 2 rings (SSSR count). The predicted octanol–water partition coefficient (Wildman–Crippen LogP) is 2.08. The molecule has 21 heavy (non-hydrogen) atoms. The highest BCUT2D eigenvalue weighted by Gasteiger charge is 2.22. The second-order valence-electron chi connectivity index (χ2n) is 5.71. The van der Waals surface area contributed by atoms with Crippen molar-refractivity contribution in [2.45, 2.75) is 12.5 Å². The third-order valence-electron chi connectivity index (χ3n) is 2.99. The van der Waals surface area contributed by atoms with E-state index in [1.54, 1.807) is 19.1 Å². The van der Waals surface area contributed by atoms with Gasteiger partial charge in [0, 0.05) is 17.8 Å². The molecular weight excluding hydrogens is 291 g/mol. The lowest BCUT2D eigenvalue weighted by Crippen LogP contribution is -2.47. The van der Waals surface area contributed by atoms with Crippen LogP contribution in [0, 0.1) is 5.82 Å². The molecule has 0 aliphatic heterocycles. The van der Waals surface area contributed by atoms with Crippen LogP contribution in [0.4, 0.5) is 4.39 Å². The molecule has 1 heterocycles. The number of fused-ring (bicyclic) bond motifs is 1. The molecule has 0 saturated heterocycles. The van der Waals surface area contributed by atoms with E-state index in [0.717, 1.165) is 10.1 Å². The van der Waals surface area contributed by atoms with E-state index >= 15 is 0 Å². The molecule has 0 aliphatic rings. The monoisotopic (exact) mass is 310 g/mol. The summed E-state index contributed by atoms with van der Waals surface area (Å²) < 4.78 is 13.9. The van der Waals surface area contributed by atoms with Crippen LogP contribution in [0.25, 0.3) is 10.1 Å². The quantitative estimate of drug-likeness (QED) is 0.889. The molecule has 0 bridgehead atoms. The molecule has 6 heteroatoms. The number of nitrogens with one attached hydrogen (secondary N) is 1. The normalized spacial score (nSPS) is 14.4. The van der Waals surface area contributed by atoms with E-state index in [9.17, 15) is 14.3 Å². The highest BCUT2D eigenvalue weighted by atomic mass is 32.1. The molecule has 1 aromatic carbocycles. The molecule has 2 aromatic rings. The number of halogens is 1. The fourth-order valence-electron chi connectivity index (χ4n) is 2.21. The number of benzene rings is 1. The Morgan fingerprint density at radius 3 is 2.81 bits per heavy atom. The van der Waals surface area contributed by atoms with Crippen molar-refractivity contribution in [1.82, 2.24) is 10.2 Å². The van der Waals surface area contributed by atoms with E-state index in [4.69, 9.17) is 0 Å². The van der Waals surface area contributed by atoms with Crippen LogP contribution >= 0.6 is 11.3 Å². The van der Waals surface area contributed by atoms with E-state index < -0.39 is 5.60 Å². The summed E-state index contributed by atoms with van der Waals surface area (Å²) in [6.07, 6.45) is 0. The lowest BCUT2D eigenvalue weighted by atomic mass is 10.1. The number of rotatable bonds is 5. The second-order valence-corrected chi connectivity index (χ2v) is 6.79. The lowest BCUT2D eigenvalue weighted by Gasteiger charge is -2.26. The van der Waals surface area contributed by atoms with E-state index in [0.29, 0.717) is 11.4 Å². The summed E-state index contributed by atoms with van der Waals surface area (Å²) >= 11 is 1.24. The maximum Gasteiger partial charge on any atom is 0.261 e. The highest BCUT2D eigenvalue weighted by Crippen LogP contribution is 2.26. The fraction of sp³-hybridized carbons (Fsp3) is 0.400. The molecule has 0 spiro atoms. The second kappa shape index (κ2) is 6.09. The minimum Gasteiger partial charge on any atom is -0.387 e. The van der Waals surface area contributed by atoms with Gasteiger partial charge in [0.1, 0.15) is 5.82 Å². The summed E-state index contributed by atoms with van der Waals surface area (Å²) in [5.41, 5.74) is -0.998. The van der Waals surface area contributed by atoms with Gasteiger partial charge in [-0.2, -0.15) is 0 Å². The van der Waals surface area contributed by atoms with Crippen LogP contribution < -0.4 is 5.32 Å². The summed E-state index contributed by atoms with van der Waals surface area (Å²) in [6.45, 7) is 2.28. The van der Waals surface area contributed by atoms with Gasteiger partial charge in [0.25, 0.3) is 5.91 Å². The van der Waals surface area contributed by atoms with E-state index in [-0.39, 0.29) is 18.3 Å². The van der Waals surface area contributed by atoms with Crippen molar-refractivity contribution >= 4 is 27.3 Å². The minimum atomic E-state index is -0.998. The van der Waals surface area contributed by atoms with Crippen molar-refractivity contribution in [1.29, 1.82) is 0 Å². The third kappa shape index (κ3) is 4.23. The van der Waals surface area contributed by atoms with Gasteiger partial charge in [0.2, 0.25) is 0 Å². The van der Waals surface area contributed by atoms with Crippen molar-refractivity contribution in [3.8, 4) is 0 Å². The maximum absolute atomic E-state index is 13.1. The molecule has 0 saturated carbocycles. The van der Waals surface area contributed by atoms with Crippen LogP contribution in [0.5, 0.6) is 0 Å². The van der Waals surface area contributed by atoms with Crippen molar-refractivity contribution in [2.75, 3.05) is 27.2 Å². The van der Waals surface area contributed by atoms with Crippen LogP contribution in [0.15, 0.2) is 24.3 Å². The summed E-state index contributed by atoms with van der Waals surface area (Å²) in [5.74, 6) is -0.569. The zero-order chi connectivity index (χ0) is 15.6. The third-order valence-corrected chi connectivity index (χ3v) is 4.09. The zero-order valence-electron chi connectivity index (χ0n) is 12.3. The molecule has 1 atom stereocenters. The van der Waals surface area contributed by atoms with Crippen LogP contribution in [-0.2, 0) is 0 Å². The van der Waals surface area contributed by atoms with Crippen LogP contribution in [0.2, 0.25) is 0 Å². The number of thiophene rings is 1. The highest BCUT2D eigenvalue weighted by molar-refractivity contribution is 7.20. The van der Waals surface area contributed by atoms with Crippen molar-refractivity contribution in [3.63, 3.8) is 0 Å². The standard InChI is InChI=1S/C15H19FN2O2S/c1-15(20,9-18(2)3)8-17-14(19)13-6-10-4-5-11(16)7-12(10)21-13/h4-7,20H,8-9H2,1-3H3,(H,17,19). The lowest BCUT2D eigenvalue weighted by molar-refractivity contribution is 0.0326. The van der Waals surface area contributed by atoms with Crippen molar-refractivity contribution in [2.24, 2.45) is 0 Å². The van der Waals surface area contributed by atoms with Gasteiger partial charge < -0.3 is 15.3 Å². The Morgan fingerprint density at radius 1 is 1.43 bits per heavy atom. The van der Waals surface area contributed by atoms with Gasteiger partial charge >= 0.3 is 0 Å². The van der Waals surface area contributed by atoms with Gasteiger partial charge in [-0.05, 0) is 44.6 Å². The number of likely N-dealkylation sites (N-methyl/N-ethyl adjacent to an activating group) is 1. The number of amides is 1. The van der Waals surface area contributed by atoms with Crippen LogP contribution in [-0.4, -0.2) is 48.7 Å².